The summed E-state index contributed by atoms with van der Waals surface area (Å²) < 4.78 is 1.63. The van der Waals surface area contributed by atoms with Gasteiger partial charge < -0.3 is 21.7 Å². The number of anilines is 1. The van der Waals surface area contributed by atoms with Crippen LogP contribution in [-0.4, -0.2) is 53.2 Å². The highest BCUT2D eigenvalue weighted by atomic mass is 127. The first-order valence-corrected chi connectivity index (χ1v) is 11.0. The van der Waals surface area contributed by atoms with E-state index < -0.39 is 0 Å². The Morgan fingerprint density at radius 3 is 2.73 bits per heavy atom. The van der Waals surface area contributed by atoms with Gasteiger partial charge in [-0.3, -0.25) is 9.79 Å². The predicted molar refractivity (Wildman–Crippen MR) is 141 cm³/mol. The average Bonchev–Trinajstić information content (AvgIpc) is 3.09. The number of carbonyl (C=O) groups excluding carboxylic acids is 1. The molecule has 0 saturated carbocycles. The molecule has 0 radical (unpaired) electrons. The molecule has 1 atom stereocenters. The van der Waals surface area contributed by atoms with Crippen LogP contribution in [0.2, 0.25) is 0 Å². The molecule has 1 unspecified atom stereocenters. The molecule has 33 heavy (non-hydrogen) atoms. The highest BCUT2D eigenvalue weighted by Crippen LogP contribution is 2.22. The number of hydrogen-bond acceptors (Lipinski definition) is 5. The van der Waals surface area contributed by atoms with Crippen LogP contribution >= 0.6 is 24.0 Å². The number of hydrogen-bond donors (Lipinski definition) is 3. The molecule has 1 saturated heterocycles. The Bertz CT molecular complexity index is 1010. The third kappa shape index (κ3) is 6.83. The quantitative estimate of drug-likeness (QED) is 0.204. The Morgan fingerprint density at radius 2 is 2.09 bits per heavy atom. The number of aryl methyl sites for hydroxylation is 2. The first-order chi connectivity index (χ1) is 15.4. The number of likely N-dealkylation sites (tertiary alicyclic amines) is 1. The number of nitrogen functional groups attached to an aromatic ring is 1. The number of nitrogens with one attached hydrogen (secondary N) is 1. The molecule has 1 aliphatic rings. The fourth-order valence-corrected chi connectivity index (χ4v) is 4.15. The van der Waals surface area contributed by atoms with Gasteiger partial charge in [-0.1, -0.05) is 17.7 Å². The summed E-state index contributed by atoms with van der Waals surface area (Å²) in [6.45, 7) is 4.39. The van der Waals surface area contributed by atoms with E-state index in [1.54, 1.807) is 11.7 Å². The van der Waals surface area contributed by atoms with Crippen molar-refractivity contribution in [1.29, 1.82) is 5.26 Å². The lowest BCUT2D eigenvalue weighted by Crippen LogP contribution is -2.47. The van der Waals surface area contributed by atoms with Crippen LogP contribution in [0, 0.1) is 24.2 Å². The van der Waals surface area contributed by atoms with Gasteiger partial charge in [0.2, 0.25) is 5.91 Å². The van der Waals surface area contributed by atoms with Crippen molar-refractivity contribution in [2.75, 3.05) is 32.4 Å². The number of nitriles is 1. The number of benzene rings is 1. The smallest absolute Gasteiger partial charge is 0.217 e. The van der Waals surface area contributed by atoms with Crippen molar-refractivity contribution >= 4 is 41.7 Å². The summed E-state index contributed by atoms with van der Waals surface area (Å²) in [6, 6.07) is 10.1. The second-order valence-corrected chi connectivity index (χ2v) is 8.27. The summed E-state index contributed by atoms with van der Waals surface area (Å²) in [6.07, 6.45) is 3.84. The van der Waals surface area contributed by atoms with E-state index in [-0.39, 0.29) is 35.8 Å². The van der Waals surface area contributed by atoms with Gasteiger partial charge in [0.1, 0.15) is 17.5 Å². The average molecular weight is 564 g/mol. The molecule has 10 heteroatoms. The summed E-state index contributed by atoms with van der Waals surface area (Å²) in [5.74, 6) is 1.21. The van der Waals surface area contributed by atoms with Crippen molar-refractivity contribution < 1.29 is 4.79 Å². The molecule has 2 aromatic rings. The van der Waals surface area contributed by atoms with Crippen molar-refractivity contribution in [3.05, 3.63) is 41.1 Å². The Morgan fingerprint density at radius 1 is 1.36 bits per heavy atom. The van der Waals surface area contributed by atoms with E-state index in [4.69, 9.17) is 11.5 Å². The Hall–Kier alpha value is -2.81. The van der Waals surface area contributed by atoms with E-state index in [1.165, 1.54) is 0 Å². The molecule has 3 rings (SSSR count). The highest BCUT2D eigenvalue weighted by molar-refractivity contribution is 14.0. The molecule has 1 aromatic heterocycles. The maximum atomic E-state index is 11.3. The molecule has 9 nitrogen and oxygen atoms in total. The number of amides is 1. The summed E-state index contributed by atoms with van der Waals surface area (Å²) in [4.78, 5) is 17.8. The SMILES string of the molecule is CN=C(NCCCc1nn(-c2ccc(C)cc2)c(N)c1C#N)N1CCCC(CC(N)=O)C1.I. The van der Waals surface area contributed by atoms with E-state index in [0.717, 1.165) is 49.6 Å². The van der Waals surface area contributed by atoms with Gasteiger partial charge in [-0.2, -0.15) is 10.4 Å². The van der Waals surface area contributed by atoms with E-state index in [2.05, 4.69) is 26.4 Å². The maximum absolute atomic E-state index is 11.3. The standard InChI is InChI=1S/C23H32N8O.HI/c1-16-7-9-18(10-8-16)31-22(26)19(14-24)20(29-31)6-3-11-28-23(27-2)30-12-4-5-17(15-30)13-21(25)32;/h7-10,17H,3-6,11-13,15,26H2,1-2H3,(H2,25,32)(H,27,28);1H. The number of rotatable bonds is 7. The minimum atomic E-state index is -0.252. The molecule has 0 bridgehead atoms. The van der Waals surface area contributed by atoms with Gasteiger partial charge in [-0.15, -0.1) is 24.0 Å². The number of guanidine groups is 1. The summed E-state index contributed by atoms with van der Waals surface area (Å²) in [5, 5.41) is 17.6. The van der Waals surface area contributed by atoms with Crippen LogP contribution in [0.4, 0.5) is 5.82 Å². The summed E-state index contributed by atoms with van der Waals surface area (Å²) >= 11 is 0. The lowest BCUT2D eigenvalue weighted by atomic mass is 9.95. The van der Waals surface area contributed by atoms with Crippen LogP contribution < -0.4 is 16.8 Å². The fraction of sp³-hybridized carbons (Fsp3) is 0.478. The lowest BCUT2D eigenvalue weighted by molar-refractivity contribution is -0.119. The Balaban J connectivity index is 0.00000385. The fourth-order valence-electron chi connectivity index (χ4n) is 4.15. The minimum Gasteiger partial charge on any atom is -0.382 e. The summed E-state index contributed by atoms with van der Waals surface area (Å²) in [7, 11) is 1.76. The van der Waals surface area contributed by atoms with Crippen LogP contribution in [0.3, 0.4) is 0 Å². The van der Waals surface area contributed by atoms with Crippen molar-refractivity contribution in [3.8, 4) is 11.8 Å². The molecular formula is C23H33IN8O. The van der Waals surface area contributed by atoms with Crippen molar-refractivity contribution in [1.82, 2.24) is 20.0 Å². The Kier molecular flexibility index (Phi) is 9.96. The zero-order valence-electron chi connectivity index (χ0n) is 19.3. The van der Waals surface area contributed by atoms with Crippen molar-refractivity contribution in [2.24, 2.45) is 16.6 Å². The number of halogens is 1. The minimum absolute atomic E-state index is 0. The van der Waals surface area contributed by atoms with Crippen LogP contribution in [0.15, 0.2) is 29.3 Å². The van der Waals surface area contributed by atoms with E-state index in [1.807, 2.05) is 31.2 Å². The number of carbonyl (C=O) groups is 1. The molecule has 1 fully saturated rings. The zero-order valence-corrected chi connectivity index (χ0v) is 21.6. The third-order valence-electron chi connectivity index (χ3n) is 5.78. The topological polar surface area (TPSA) is 138 Å². The number of aromatic nitrogens is 2. The van der Waals surface area contributed by atoms with Gasteiger partial charge in [0, 0.05) is 33.1 Å². The monoisotopic (exact) mass is 564 g/mol. The molecule has 1 aromatic carbocycles. The zero-order chi connectivity index (χ0) is 23.1. The number of nitrogens with two attached hydrogens (primary N) is 2. The number of aliphatic imine (C=N–C) groups is 1. The predicted octanol–water partition coefficient (Wildman–Crippen LogP) is 2.35. The van der Waals surface area contributed by atoms with Crippen molar-refractivity contribution in [2.45, 2.75) is 39.0 Å². The van der Waals surface area contributed by atoms with Gasteiger partial charge in [-0.25, -0.2) is 4.68 Å². The molecule has 2 heterocycles. The van der Waals surface area contributed by atoms with Crippen LogP contribution in [-0.2, 0) is 11.2 Å². The molecule has 1 amide bonds. The largest absolute Gasteiger partial charge is 0.382 e. The maximum Gasteiger partial charge on any atom is 0.217 e. The van der Waals surface area contributed by atoms with E-state index >= 15 is 0 Å². The van der Waals surface area contributed by atoms with Gasteiger partial charge in [0.25, 0.3) is 0 Å². The number of primary amides is 1. The normalized spacial score (nSPS) is 16.1. The van der Waals surface area contributed by atoms with Crippen LogP contribution in [0.1, 0.15) is 42.5 Å². The molecular weight excluding hydrogens is 531 g/mol. The molecule has 0 aliphatic carbocycles. The summed E-state index contributed by atoms with van der Waals surface area (Å²) in [5.41, 5.74) is 14.7. The third-order valence-corrected chi connectivity index (χ3v) is 5.78. The van der Waals surface area contributed by atoms with Crippen LogP contribution in [0.5, 0.6) is 0 Å². The first-order valence-electron chi connectivity index (χ1n) is 11.0. The van der Waals surface area contributed by atoms with Gasteiger partial charge in [0.05, 0.1) is 11.4 Å². The first kappa shape index (κ1) is 26.4. The van der Waals surface area contributed by atoms with Gasteiger partial charge in [-0.05, 0) is 50.7 Å². The van der Waals surface area contributed by atoms with Crippen molar-refractivity contribution in [3.63, 3.8) is 0 Å². The second kappa shape index (κ2) is 12.4. The lowest BCUT2D eigenvalue weighted by Gasteiger charge is -2.34. The van der Waals surface area contributed by atoms with E-state index in [0.29, 0.717) is 36.5 Å². The Labute approximate surface area is 212 Å². The van der Waals surface area contributed by atoms with E-state index in [9.17, 15) is 10.1 Å². The highest BCUT2D eigenvalue weighted by Gasteiger charge is 2.23. The molecule has 0 spiro atoms. The molecule has 178 valence electrons. The second-order valence-electron chi connectivity index (χ2n) is 8.27. The van der Waals surface area contributed by atoms with Crippen LogP contribution in [0.25, 0.3) is 5.69 Å². The van der Waals surface area contributed by atoms with Gasteiger partial charge >= 0.3 is 0 Å². The number of nitrogens with zero attached hydrogens (tertiary/aromatic N) is 5. The number of piperidine rings is 1. The molecule has 1 aliphatic heterocycles. The van der Waals surface area contributed by atoms with Gasteiger partial charge in [0.15, 0.2) is 5.96 Å². The molecule has 5 N–H and O–H groups in total.